The van der Waals surface area contributed by atoms with E-state index in [1.807, 2.05) is 98.5 Å². The summed E-state index contributed by atoms with van der Waals surface area (Å²) in [4.78, 5) is 27.9. The highest BCUT2D eigenvalue weighted by molar-refractivity contribution is 6.10. The third-order valence-corrected chi connectivity index (χ3v) is 6.49. The van der Waals surface area contributed by atoms with Crippen molar-refractivity contribution in [2.45, 2.75) is 26.3 Å². The summed E-state index contributed by atoms with van der Waals surface area (Å²) >= 11 is 0. The first kappa shape index (κ1) is 25.8. The molecule has 39 heavy (non-hydrogen) atoms. The van der Waals surface area contributed by atoms with Gasteiger partial charge >= 0.3 is 0 Å². The third-order valence-electron chi connectivity index (χ3n) is 6.49. The lowest BCUT2D eigenvalue weighted by Gasteiger charge is -2.41. The van der Waals surface area contributed by atoms with Crippen LogP contribution >= 0.6 is 0 Å². The second-order valence-corrected chi connectivity index (χ2v) is 9.94. The fourth-order valence-electron chi connectivity index (χ4n) is 4.76. The van der Waals surface area contributed by atoms with Gasteiger partial charge in [-0.2, -0.15) is 0 Å². The van der Waals surface area contributed by atoms with Gasteiger partial charge in [-0.05, 0) is 93.1 Å². The predicted molar refractivity (Wildman–Crippen MR) is 155 cm³/mol. The second kappa shape index (κ2) is 10.9. The van der Waals surface area contributed by atoms with E-state index in [4.69, 9.17) is 9.47 Å². The molecular weight excluding hydrogens is 488 g/mol. The Labute approximate surface area is 228 Å². The van der Waals surface area contributed by atoms with Crippen LogP contribution in [0.1, 0.15) is 36.7 Å². The zero-order valence-corrected chi connectivity index (χ0v) is 22.2. The Balaban J connectivity index is 1.24. The highest BCUT2D eigenvalue weighted by atomic mass is 16.5. The molecule has 0 atom stereocenters. The number of para-hydroxylation sites is 1. The SMILES string of the molecule is CC1=CC(C)(C)N(C(=O)c2ccccc2)c2ccc(OCC(=O)Nc3ccc(Oc4ccccc4)cc3)cc21. The van der Waals surface area contributed by atoms with Gasteiger partial charge in [0.15, 0.2) is 6.61 Å². The molecule has 0 saturated heterocycles. The standard InChI is InChI=1S/C33H30N2O4/c1-23-21-33(2,3)35(32(37)24-10-6-4-7-11-24)30-19-18-28(20-29(23)30)38-22-31(36)34-25-14-16-27(17-15-25)39-26-12-8-5-9-13-26/h4-21H,22H2,1-3H3,(H,34,36). The maximum atomic E-state index is 13.5. The molecule has 4 aromatic rings. The normalized spacial score (nSPS) is 13.6. The molecule has 0 saturated carbocycles. The van der Waals surface area contributed by atoms with Crippen LogP contribution in [0.3, 0.4) is 0 Å². The summed E-state index contributed by atoms with van der Waals surface area (Å²) in [6.07, 6.45) is 2.08. The van der Waals surface area contributed by atoms with Gasteiger partial charge in [0.05, 0.1) is 11.2 Å². The number of ether oxygens (including phenoxy) is 2. The molecule has 4 aromatic carbocycles. The molecule has 0 bridgehead atoms. The average Bonchev–Trinajstić information content (AvgIpc) is 2.93. The van der Waals surface area contributed by atoms with Crippen molar-refractivity contribution in [3.63, 3.8) is 0 Å². The first-order valence-corrected chi connectivity index (χ1v) is 12.8. The van der Waals surface area contributed by atoms with Crippen LogP contribution in [0.4, 0.5) is 11.4 Å². The Hall–Kier alpha value is -4.84. The van der Waals surface area contributed by atoms with Gasteiger partial charge in [-0.3, -0.25) is 14.5 Å². The van der Waals surface area contributed by atoms with E-state index < -0.39 is 5.54 Å². The largest absolute Gasteiger partial charge is 0.484 e. The Morgan fingerprint density at radius 1 is 0.795 bits per heavy atom. The van der Waals surface area contributed by atoms with Crippen LogP contribution in [0.25, 0.3) is 5.57 Å². The number of benzene rings is 4. The molecule has 0 spiro atoms. The molecule has 0 fully saturated rings. The van der Waals surface area contributed by atoms with Crippen molar-refractivity contribution in [1.82, 2.24) is 0 Å². The van der Waals surface area contributed by atoms with Crippen molar-refractivity contribution in [3.8, 4) is 17.2 Å². The van der Waals surface area contributed by atoms with Crippen LogP contribution in [0.15, 0.2) is 109 Å². The molecule has 196 valence electrons. The molecule has 0 aromatic heterocycles. The molecule has 6 nitrogen and oxygen atoms in total. The zero-order valence-electron chi connectivity index (χ0n) is 22.2. The van der Waals surface area contributed by atoms with Crippen molar-refractivity contribution in [3.05, 3.63) is 120 Å². The van der Waals surface area contributed by atoms with E-state index in [0.29, 0.717) is 22.7 Å². The maximum absolute atomic E-state index is 13.5. The van der Waals surface area contributed by atoms with Crippen molar-refractivity contribution in [1.29, 1.82) is 0 Å². The summed E-state index contributed by atoms with van der Waals surface area (Å²) in [5, 5.41) is 2.84. The second-order valence-electron chi connectivity index (χ2n) is 9.94. The van der Waals surface area contributed by atoms with Crippen LogP contribution in [0, 0.1) is 0 Å². The number of amides is 2. The van der Waals surface area contributed by atoms with Gasteiger partial charge in [-0.1, -0.05) is 42.5 Å². The van der Waals surface area contributed by atoms with Gasteiger partial charge < -0.3 is 14.8 Å². The summed E-state index contributed by atoms with van der Waals surface area (Å²) < 4.78 is 11.6. The molecule has 0 aliphatic carbocycles. The van der Waals surface area contributed by atoms with E-state index in [9.17, 15) is 9.59 Å². The van der Waals surface area contributed by atoms with Crippen LogP contribution in [-0.2, 0) is 4.79 Å². The number of hydrogen-bond donors (Lipinski definition) is 1. The molecule has 0 radical (unpaired) electrons. The lowest BCUT2D eigenvalue weighted by atomic mass is 9.88. The zero-order chi connectivity index (χ0) is 27.4. The molecular formula is C33H30N2O4. The van der Waals surface area contributed by atoms with Crippen molar-refractivity contribution < 1.29 is 19.1 Å². The first-order valence-electron chi connectivity index (χ1n) is 12.8. The average molecular weight is 519 g/mol. The summed E-state index contributed by atoms with van der Waals surface area (Å²) in [7, 11) is 0. The van der Waals surface area contributed by atoms with Gasteiger partial charge in [0.25, 0.3) is 11.8 Å². The molecule has 2 amide bonds. The topological polar surface area (TPSA) is 67.9 Å². The summed E-state index contributed by atoms with van der Waals surface area (Å²) in [6.45, 7) is 5.92. The van der Waals surface area contributed by atoms with Gasteiger partial charge in [-0.15, -0.1) is 0 Å². The minimum absolute atomic E-state index is 0.0705. The summed E-state index contributed by atoms with van der Waals surface area (Å²) in [5.74, 6) is 1.62. The molecule has 0 unspecified atom stereocenters. The highest BCUT2D eigenvalue weighted by Crippen LogP contribution is 2.41. The third kappa shape index (κ3) is 5.85. The number of carbonyl (C=O) groups is 2. The molecule has 1 aliphatic heterocycles. The number of nitrogens with zero attached hydrogens (tertiary/aromatic N) is 1. The van der Waals surface area contributed by atoms with Gasteiger partial charge in [0, 0.05) is 16.8 Å². The molecule has 1 aliphatic rings. The van der Waals surface area contributed by atoms with E-state index in [2.05, 4.69) is 11.4 Å². The van der Waals surface area contributed by atoms with E-state index in [1.54, 1.807) is 30.3 Å². The number of rotatable bonds is 7. The minimum atomic E-state index is -0.506. The summed E-state index contributed by atoms with van der Waals surface area (Å²) in [6, 6.07) is 31.5. The quantitative estimate of drug-likeness (QED) is 0.278. The number of hydrogen-bond acceptors (Lipinski definition) is 4. The van der Waals surface area contributed by atoms with Crippen LogP contribution < -0.4 is 19.7 Å². The monoisotopic (exact) mass is 518 g/mol. The van der Waals surface area contributed by atoms with Crippen LogP contribution in [-0.4, -0.2) is 24.0 Å². The highest BCUT2D eigenvalue weighted by Gasteiger charge is 2.36. The van der Waals surface area contributed by atoms with Crippen molar-refractivity contribution in [2.24, 2.45) is 0 Å². The van der Waals surface area contributed by atoms with Gasteiger partial charge in [0.1, 0.15) is 17.2 Å². The molecule has 1 N–H and O–H groups in total. The molecule has 5 rings (SSSR count). The Kier molecular flexibility index (Phi) is 7.19. The number of allylic oxidation sites excluding steroid dienone is 1. The molecule has 1 heterocycles. The van der Waals surface area contributed by atoms with Gasteiger partial charge in [-0.25, -0.2) is 0 Å². The first-order chi connectivity index (χ1) is 18.8. The van der Waals surface area contributed by atoms with E-state index in [1.165, 1.54) is 0 Å². The smallest absolute Gasteiger partial charge is 0.262 e. The predicted octanol–water partition coefficient (Wildman–Crippen LogP) is 7.34. The Bertz CT molecular complexity index is 1510. The Morgan fingerprint density at radius 2 is 1.41 bits per heavy atom. The minimum Gasteiger partial charge on any atom is -0.484 e. The van der Waals surface area contributed by atoms with Crippen LogP contribution in [0.2, 0.25) is 0 Å². The fourth-order valence-corrected chi connectivity index (χ4v) is 4.76. The van der Waals surface area contributed by atoms with Crippen molar-refractivity contribution in [2.75, 3.05) is 16.8 Å². The summed E-state index contributed by atoms with van der Waals surface area (Å²) in [5.41, 5.74) is 3.51. The van der Waals surface area contributed by atoms with E-state index in [-0.39, 0.29) is 18.4 Å². The lowest BCUT2D eigenvalue weighted by Crippen LogP contribution is -2.49. The number of carbonyl (C=O) groups excluding carboxylic acids is 2. The number of fused-ring (bicyclic) bond motifs is 1. The van der Waals surface area contributed by atoms with E-state index in [0.717, 1.165) is 22.6 Å². The Morgan fingerprint density at radius 3 is 2.10 bits per heavy atom. The van der Waals surface area contributed by atoms with E-state index >= 15 is 0 Å². The van der Waals surface area contributed by atoms with Gasteiger partial charge in [0.2, 0.25) is 0 Å². The maximum Gasteiger partial charge on any atom is 0.262 e. The molecule has 6 heteroatoms. The number of nitrogens with one attached hydrogen (secondary N) is 1. The lowest BCUT2D eigenvalue weighted by molar-refractivity contribution is -0.118. The fraction of sp³-hybridized carbons (Fsp3) is 0.152. The number of anilines is 2. The van der Waals surface area contributed by atoms with Crippen LogP contribution in [0.5, 0.6) is 17.2 Å². The van der Waals surface area contributed by atoms with Crippen molar-refractivity contribution >= 4 is 28.8 Å².